The number of hydrogen-bond donors (Lipinski definition) is 1. The van der Waals surface area contributed by atoms with E-state index in [1.54, 1.807) is 25.3 Å². The van der Waals surface area contributed by atoms with Gasteiger partial charge < -0.3 is 9.84 Å². The zero-order chi connectivity index (χ0) is 13.3. The quantitative estimate of drug-likeness (QED) is 0.927. The van der Waals surface area contributed by atoms with Gasteiger partial charge in [0, 0.05) is 5.39 Å². The minimum atomic E-state index is -0.916. The van der Waals surface area contributed by atoms with Gasteiger partial charge in [-0.1, -0.05) is 11.6 Å². The number of aryl methyl sites for hydroxylation is 1. The van der Waals surface area contributed by atoms with Crippen LogP contribution in [-0.4, -0.2) is 23.2 Å². The molecule has 0 bridgehead atoms. The Labute approximate surface area is 109 Å². The average Bonchev–Trinajstić information content (AvgIpc) is 2.29. The second kappa shape index (κ2) is 4.82. The van der Waals surface area contributed by atoms with Crippen molar-refractivity contribution in [3.8, 4) is 5.75 Å². The number of carboxylic acid groups (broad SMARTS) is 1. The summed E-state index contributed by atoms with van der Waals surface area (Å²) < 4.78 is 5.27. The molecular formula is C13H12ClNO3. The maximum absolute atomic E-state index is 10.7. The van der Waals surface area contributed by atoms with Crippen molar-refractivity contribution < 1.29 is 14.6 Å². The van der Waals surface area contributed by atoms with Gasteiger partial charge in [0.25, 0.3) is 0 Å². The number of halogens is 1. The Morgan fingerprint density at radius 3 is 2.83 bits per heavy atom. The first-order valence-corrected chi connectivity index (χ1v) is 5.75. The maximum Gasteiger partial charge on any atom is 0.309 e. The van der Waals surface area contributed by atoms with Gasteiger partial charge in [0.05, 0.1) is 29.8 Å². The summed E-state index contributed by atoms with van der Waals surface area (Å²) in [6.45, 7) is 1.88. The fourth-order valence-corrected chi connectivity index (χ4v) is 2.15. The molecule has 18 heavy (non-hydrogen) atoms. The second-order valence-corrected chi connectivity index (χ2v) is 4.38. The van der Waals surface area contributed by atoms with Gasteiger partial charge in [-0.3, -0.25) is 9.78 Å². The lowest BCUT2D eigenvalue weighted by atomic mass is 10.1. The molecule has 0 saturated heterocycles. The Bertz CT molecular complexity index is 625. The summed E-state index contributed by atoms with van der Waals surface area (Å²) >= 11 is 6.10. The van der Waals surface area contributed by atoms with E-state index in [0.717, 1.165) is 10.9 Å². The van der Waals surface area contributed by atoms with E-state index in [-0.39, 0.29) is 6.42 Å². The zero-order valence-electron chi connectivity index (χ0n) is 10.0. The molecule has 0 saturated carbocycles. The molecule has 0 spiro atoms. The summed E-state index contributed by atoms with van der Waals surface area (Å²) in [5, 5.41) is 10.1. The maximum atomic E-state index is 10.7. The number of carbonyl (C=O) groups is 1. The molecule has 0 aliphatic rings. The third kappa shape index (κ3) is 2.24. The molecule has 0 fully saturated rings. The molecule has 1 N–H and O–H groups in total. The van der Waals surface area contributed by atoms with Crippen molar-refractivity contribution >= 4 is 28.5 Å². The molecule has 1 heterocycles. The molecule has 94 valence electrons. The van der Waals surface area contributed by atoms with Crippen LogP contribution in [0.1, 0.15) is 11.3 Å². The Morgan fingerprint density at radius 1 is 1.50 bits per heavy atom. The van der Waals surface area contributed by atoms with Crippen molar-refractivity contribution in [1.82, 2.24) is 4.98 Å². The summed E-state index contributed by atoms with van der Waals surface area (Å²) in [4.78, 5) is 15.0. The van der Waals surface area contributed by atoms with Gasteiger partial charge in [-0.2, -0.15) is 0 Å². The number of carboxylic acids is 1. The number of ether oxygens (including phenoxy) is 1. The van der Waals surface area contributed by atoms with Crippen LogP contribution in [0.2, 0.25) is 5.02 Å². The highest BCUT2D eigenvalue weighted by Gasteiger charge is 2.12. The molecule has 0 unspecified atom stereocenters. The standard InChI is InChI=1S/C13H12ClNO3/c1-7-5-8(6-11(16)17)15-13-9(14)3-4-10(18-2)12(7)13/h3-5H,6H2,1-2H3,(H,16,17). The molecule has 0 atom stereocenters. The van der Waals surface area contributed by atoms with Crippen molar-refractivity contribution in [3.63, 3.8) is 0 Å². The Hall–Kier alpha value is -1.81. The van der Waals surface area contributed by atoms with E-state index >= 15 is 0 Å². The first-order valence-electron chi connectivity index (χ1n) is 5.37. The summed E-state index contributed by atoms with van der Waals surface area (Å²) in [6, 6.07) is 5.21. The minimum absolute atomic E-state index is 0.121. The van der Waals surface area contributed by atoms with Crippen molar-refractivity contribution in [1.29, 1.82) is 0 Å². The van der Waals surface area contributed by atoms with Crippen molar-refractivity contribution in [2.24, 2.45) is 0 Å². The lowest BCUT2D eigenvalue weighted by Crippen LogP contribution is -2.03. The van der Waals surface area contributed by atoms with Gasteiger partial charge in [-0.25, -0.2) is 0 Å². The van der Waals surface area contributed by atoms with E-state index in [9.17, 15) is 4.79 Å². The van der Waals surface area contributed by atoms with E-state index in [1.165, 1.54) is 0 Å². The van der Waals surface area contributed by atoms with E-state index in [0.29, 0.717) is 22.0 Å². The zero-order valence-corrected chi connectivity index (χ0v) is 10.8. The molecule has 0 radical (unpaired) electrons. The van der Waals surface area contributed by atoms with E-state index in [1.807, 2.05) is 6.92 Å². The normalized spacial score (nSPS) is 10.6. The van der Waals surface area contributed by atoms with E-state index in [2.05, 4.69) is 4.98 Å². The Morgan fingerprint density at radius 2 is 2.22 bits per heavy atom. The number of methoxy groups -OCH3 is 1. The first kappa shape index (κ1) is 12.6. The van der Waals surface area contributed by atoms with Crippen LogP contribution in [-0.2, 0) is 11.2 Å². The highest BCUT2D eigenvalue weighted by molar-refractivity contribution is 6.35. The molecule has 0 aliphatic heterocycles. The van der Waals surface area contributed by atoms with Gasteiger partial charge in [0.2, 0.25) is 0 Å². The van der Waals surface area contributed by atoms with Crippen LogP contribution in [0.4, 0.5) is 0 Å². The van der Waals surface area contributed by atoms with Crippen LogP contribution >= 0.6 is 11.6 Å². The number of pyridine rings is 1. The monoisotopic (exact) mass is 265 g/mol. The third-order valence-corrected chi connectivity index (χ3v) is 2.98. The third-order valence-electron chi connectivity index (χ3n) is 2.68. The Balaban J connectivity index is 2.72. The molecule has 0 aliphatic carbocycles. The number of nitrogens with zero attached hydrogens (tertiary/aromatic N) is 1. The van der Waals surface area contributed by atoms with Crippen molar-refractivity contribution in [2.75, 3.05) is 7.11 Å². The summed E-state index contributed by atoms with van der Waals surface area (Å²) in [5.41, 5.74) is 1.96. The van der Waals surface area contributed by atoms with Crippen LogP contribution in [0.15, 0.2) is 18.2 Å². The first-order chi connectivity index (χ1) is 8.52. The van der Waals surface area contributed by atoms with Crippen molar-refractivity contribution in [3.05, 3.63) is 34.5 Å². The fourth-order valence-electron chi connectivity index (χ4n) is 1.95. The Kier molecular flexibility index (Phi) is 3.39. The summed E-state index contributed by atoms with van der Waals surface area (Å²) in [7, 11) is 1.58. The van der Waals surface area contributed by atoms with Crippen LogP contribution < -0.4 is 4.74 Å². The molecule has 4 nitrogen and oxygen atoms in total. The molecule has 2 rings (SSSR count). The van der Waals surface area contributed by atoms with Gasteiger partial charge in [0.1, 0.15) is 5.75 Å². The number of benzene rings is 1. The molecule has 2 aromatic rings. The lowest BCUT2D eigenvalue weighted by Gasteiger charge is -2.10. The average molecular weight is 266 g/mol. The molecule has 1 aromatic heterocycles. The molecule has 5 heteroatoms. The van der Waals surface area contributed by atoms with Crippen LogP contribution in [0, 0.1) is 6.92 Å². The van der Waals surface area contributed by atoms with Crippen LogP contribution in [0.25, 0.3) is 10.9 Å². The highest BCUT2D eigenvalue weighted by atomic mass is 35.5. The van der Waals surface area contributed by atoms with E-state index in [4.69, 9.17) is 21.4 Å². The van der Waals surface area contributed by atoms with Crippen molar-refractivity contribution in [2.45, 2.75) is 13.3 Å². The van der Waals surface area contributed by atoms with Crippen LogP contribution in [0.5, 0.6) is 5.75 Å². The van der Waals surface area contributed by atoms with Gasteiger partial charge in [-0.15, -0.1) is 0 Å². The number of aliphatic carboxylic acids is 1. The fraction of sp³-hybridized carbons (Fsp3) is 0.231. The van der Waals surface area contributed by atoms with Gasteiger partial charge in [-0.05, 0) is 30.7 Å². The summed E-state index contributed by atoms with van der Waals surface area (Å²) in [6.07, 6.45) is -0.121. The highest BCUT2D eigenvalue weighted by Crippen LogP contribution is 2.32. The number of hydrogen-bond acceptors (Lipinski definition) is 3. The lowest BCUT2D eigenvalue weighted by molar-refractivity contribution is -0.136. The largest absolute Gasteiger partial charge is 0.496 e. The number of rotatable bonds is 3. The molecule has 0 amide bonds. The van der Waals surface area contributed by atoms with E-state index < -0.39 is 5.97 Å². The SMILES string of the molecule is COc1ccc(Cl)c2nc(CC(=O)O)cc(C)c12. The number of fused-ring (bicyclic) bond motifs is 1. The van der Waals surface area contributed by atoms with Gasteiger partial charge in [0.15, 0.2) is 0 Å². The second-order valence-electron chi connectivity index (χ2n) is 3.97. The predicted molar refractivity (Wildman–Crippen MR) is 69.4 cm³/mol. The topological polar surface area (TPSA) is 59.4 Å². The molecule has 1 aromatic carbocycles. The van der Waals surface area contributed by atoms with Gasteiger partial charge >= 0.3 is 5.97 Å². The number of aromatic nitrogens is 1. The smallest absolute Gasteiger partial charge is 0.309 e. The summed E-state index contributed by atoms with van der Waals surface area (Å²) in [5.74, 6) is -0.235. The predicted octanol–water partition coefficient (Wildman–Crippen LogP) is 2.83. The van der Waals surface area contributed by atoms with Crippen LogP contribution in [0.3, 0.4) is 0 Å². The minimum Gasteiger partial charge on any atom is -0.496 e. The molecular weight excluding hydrogens is 254 g/mol.